The molecule has 2 aromatic rings. The van der Waals surface area contributed by atoms with E-state index in [9.17, 15) is 9.59 Å². The van der Waals surface area contributed by atoms with Crippen LogP contribution in [0.5, 0.6) is 0 Å². The van der Waals surface area contributed by atoms with Gasteiger partial charge in [-0.05, 0) is 113 Å². The quantitative estimate of drug-likeness (QED) is 0.290. The van der Waals surface area contributed by atoms with Gasteiger partial charge in [0.2, 0.25) is 0 Å². The van der Waals surface area contributed by atoms with Crippen LogP contribution < -0.4 is 9.56 Å². The molecule has 0 atom stereocenters. The van der Waals surface area contributed by atoms with Gasteiger partial charge in [-0.2, -0.15) is 9.56 Å². The lowest BCUT2D eigenvalue weighted by Gasteiger charge is -2.40. The SMILES string of the molecule is CN1CCN(C)P12=N[P+]1(N=P3(N(C)CCN3C)N(c3ccccc3)N1C(=O)OC(C)(C)C)N(C(=O)OC(C)(C)C)N2c1ccccc1. The highest BCUT2D eigenvalue weighted by Gasteiger charge is 2.81. The maximum absolute atomic E-state index is 15.0. The number of carbonyl (C=O) groups is 2. The van der Waals surface area contributed by atoms with E-state index in [1.807, 2.05) is 140 Å². The number of nitrogens with zero attached hydrogens (tertiary/aromatic N) is 10. The maximum atomic E-state index is 15.0. The molecule has 0 radical (unpaired) electrons. The normalized spacial score (nSPS) is 22.9. The van der Waals surface area contributed by atoms with Gasteiger partial charge in [0, 0.05) is 26.2 Å². The molecule has 0 N–H and O–H groups in total. The first kappa shape index (κ1) is 34.2. The van der Waals surface area contributed by atoms with Crippen molar-refractivity contribution in [3.05, 3.63) is 60.7 Å². The second-order valence-electron chi connectivity index (χ2n) is 14.1. The van der Waals surface area contributed by atoms with Crippen molar-refractivity contribution in [3.8, 4) is 0 Å². The zero-order valence-corrected chi connectivity index (χ0v) is 31.7. The molecule has 2 amide bonds. The third kappa shape index (κ3) is 5.37. The highest BCUT2D eigenvalue weighted by Crippen LogP contribution is 2.92. The largest absolute Gasteiger partial charge is 0.507 e. The van der Waals surface area contributed by atoms with Gasteiger partial charge in [-0.15, -0.1) is 0 Å². The average Bonchev–Trinajstić information content (AvgIpc) is 3.66. The van der Waals surface area contributed by atoms with Gasteiger partial charge in [-0.3, -0.25) is 0 Å². The monoisotopic (exact) mass is 705 g/mol. The van der Waals surface area contributed by atoms with Gasteiger partial charge in [0.15, 0.2) is 0 Å². The van der Waals surface area contributed by atoms with Crippen LogP contribution in [0, 0.1) is 0 Å². The topological polar surface area (TPSA) is 103 Å². The van der Waals surface area contributed by atoms with E-state index in [2.05, 4.69) is 18.7 Å². The number of likely N-dealkylation sites (N-methyl/N-ethyl adjacent to an activating group) is 4. The fourth-order valence-corrected chi connectivity index (χ4v) is 21.0. The van der Waals surface area contributed by atoms with Crippen LogP contribution in [0.4, 0.5) is 21.0 Å². The minimum atomic E-state index is -3.77. The summed E-state index contributed by atoms with van der Waals surface area (Å²) in [4.78, 5) is 29.9. The Balaban J connectivity index is 1.76. The minimum Gasteiger partial charge on any atom is -0.440 e. The summed E-state index contributed by atoms with van der Waals surface area (Å²) in [6, 6.07) is 19.5. The summed E-state index contributed by atoms with van der Waals surface area (Å²) in [5.74, 6) is 0. The fourth-order valence-electron chi connectivity index (χ4n) is 6.22. The number of hydrogen-bond acceptors (Lipinski definition) is 12. The Kier molecular flexibility index (Phi) is 8.53. The number of rotatable bonds is 2. The molecule has 6 rings (SSSR count). The van der Waals surface area contributed by atoms with Gasteiger partial charge >= 0.3 is 20.1 Å². The number of carbonyl (C=O) groups excluding carboxylic acids is 2. The standard InChI is InChI=1S/C30H48N10O4P3/c1-29(2,3)43-27(41)39-37(25-17-13-11-14-18-25)46(33(7)21-22-34(46)8)31-45(39)32-47(35(9)23-24-36(47)10)38(26-19-15-12-16-20-26)40(45)28(42)44-30(4,5)6/h11-20H,21-24H2,1-10H3/q+1. The van der Waals surface area contributed by atoms with Crippen LogP contribution in [-0.4, -0.2) is 106 Å². The summed E-state index contributed by atoms with van der Waals surface area (Å²) >= 11 is 0. The van der Waals surface area contributed by atoms with Crippen molar-refractivity contribution in [2.45, 2.75) is 52.7 Å². The lowest BCUT2D eigenvalue weighted by atomic mass is 10.2. The molecule has 0 unspecified atom stereocenters. The molecule has 4 aliphatic rings. The average molecular weight is 706 g/mol. The molecular weight excluding hydrogens is 657 g/mol. The lowest BCUT2D eigenvalue weighted by Crippen LogP contribution is -2.51. The molecule has 2 fully saturated rings. The van der Waals surface area contributed by atoms with Crippen molar-refractivity contribution in [1.29, 1.82) is 0 Å². The second kappa shape index (κ2) is 11.7. The number of anilines is 2. The molecular formula is C30H48N10O4P3+. The summed E-state index contributed by atoms with van der Waals surface area (Å²) in [6.07, 6.45) is -1.25. The van der Waals surface area contributed by atoms with E-state index >= 15 is 0 Å². The van der Waals surface area contributed by atoms with Crippen molar-refractivity contribution in [2.24, 2.45) is 9.03 Å². The summed E-state index contributed by atoms with van der Waals surface area (Å²) in [7, 11) is -1.50. The van der Waals surface area contributed by atoms with Crippen LogP contribution in [0.15, 0.2) is 69.7 Å². The smallest absolute Gasteiger partial charge is 0.440 e. The van der Waals surface area contributed by atoms with Crippen molar-refractivity contribution < 1.29 is 19.1 Å². The molecule has 0 aromatic heterocycles. The van der Waals surface area contributed by atoms with E-state index in [0.717, 1.165) is 11.4 Å². The van der Waals surface area contributed by atoms with Crippen molar-refractivity contribution in [3.63, 3.8) is 0 Å². The van der Waals surface area contributed by atoms with Crippen LogP contribution in [0.1, 0.15) is 41.5 Å². The van der Waals surface area contributed by atoms with Crippen LogP contribution in [0.3, 0.4) is 0 Å². The summed E-state index contributed by atoms with van der Waals surface area (Å²) in [5, 5.41) is 0. The Labute approximate surface area is 279 Å². The molecule has 14 nitrogen and oxygen atoms in total. The third-order valence-electron chi connectivity index (χ3n) is 8.27. The molecule has 47 heavy (non-hydrogen) atoms. The Hall–Kier alpha value is -2.69. The Morgan fingerprint density at radius 1 is 0.596 bits per heavy atom. The number of benzene rings is 2. The first-order chi connectivity index (χ1) is 22.0. The Bertz CT molecular complexity index is 1500. The molecule has 2 saturated heterocycles. The highest BCUT2D eigenvalue weighted by atomic mass is 31.3. The van der Waals surface area contributed by atoms with Crippen molar-refractivity contribution in [2.75, 3.05) is 63.9 Å². The van der Waals surface area contributed by atoms with Crippen LogP contribution in [-0.2, 0) is 9.47 Å². The Morgan fingerprint density at radius 3 is 1.17 bits per heavy atom. The van der Waals surface area contributed by atoms with E-state index in [0.29, 0.717) is 26.2 Å². The molecule has 256 valence electrons. The Morgan fingerprint density at radius 2 is 0.894 bits per heavy atom. The number of hydrogen-bond donors (Lipinski definition) is 0. The molecule has 0 aliphatic carbocycles. The van der Waals surface area contributed by atoms with E-state index in [1.165, 1.54) is 0 Å². The number of amides is 2. The zero-order chi connectivity index (χ0) is 34.2. The zero-order valence-electron chi connectivity index (χ0n) is 29.0. The minimum absolute atomic E-state index is 0.626. The van der Waals surface area contributed by atoms with Crippen LogP contribution in [0.25, 0.3) is 0 Å². The van der Waals surface area contributed by atoms with E-state index in [-0.39, 0.29) is 0 Å². The van der Waals surface area contributed by atoms with Gasteiger partial charge in [0.25, 0.3) is 15.0 Å². The summed E-state index contributed by atoms with van der Waals surface area (Å²) in [6.45, 7) is 13.9. The lowest BCUT2D eigenvalue weighted by molar-refractivity contribution is 0.0347. The summed E-state index contributed by atoms with van der Waals surface area (Å²) in [5.41, 5.74) is -0.167. The molecule has 0 saturated carbocycles. The molecule has 2 aromatic carbocycles. The maximum Gasteiger partial charge on any atom is 0.507 e. The first-order valence-corrected chi connectivity index (χ1v) is 20.6. The van der Waals surface area contributed by atoms with Crippen molar-refractivity contribution >= 4 is 46.4 Å². The first-order valence-electron chi connectivity index (χ1n) is 15.8. The van der Waals surface area contributed by atoms with Crippen LogP contribution in [0.2, 0.25) is 0 Å². The van der Waals surface area contributed by atoms with Gasteiger partial charge in [-0.1, -0.05) is 36.4 Å². The van der Waals surface area contributed by atoms with Crippen molar-refractivity contribution in [1.82, 2.24) is 28.2 Å². The van der Waals surface area contributed by atoms with E-state index < -0.39 is 46.3 Å². The second-order valence-corrected chi connectivity index (χ2v) is 23.0. The number of ether oxygens (including phenoxy) is 2. The van der Waals surface area contributed by atoms with E-state index in [1.54, 1.807) is 9.56 Å². The molecule has 17 heteroatoms. The predicted molar refractivity (Wildman–Crippen MR) is 190 cm³/mol. The highest BCUT2D eigenvalue weighted by molar-refractivity contribution is 7.87. The van der Waals surface area contributed by atoms with Gasteiger partial charge < -0.3 is 9.47 Å². The van der Waals surface area contributed by atoms with Gasteiger partial charge in [-0.25, -0.2) is 28.3 Å². The van der Waals surface area contributed by atoms with E-state index in [4.69, 9.17) is 18.5 Å². The molecule has 4 heterocycles. The molecule has 4 aliphatic heterocycles. The summed E-state index contributed by atoms with van der Waals surface area (Å²) < 4.78 is 40.1. The van der Waals surface area contributed by atoms with Crippen LogP contribution >= 0.6 is 22.9 Å². The molecule has 3 spiro atoms. The number of hydrazine groups is 2. The predicted octanol–water partition coefficient (Wildman–Crippen LogP) is 7.66. The fraction of sp³-hybridized carbons (Fsp3) is 0.533. The number of para-hydroxylation sites is 2. The molecule has 0 bridgehead atoms. The van der Waals surface area contributed by atoms with Gasteiger partial charge in [0.1, 0.15) is 11.2 Å². The van der Waals surface area contributed by atoms with Gasteiger partial charge in [0.05, 0.1) is 11.4 Å². The third-order valence-corrected chi connectivity index (χ3v) is 20.4.